The van der Waals surface area contributed by atoms with Gasteiger partial charge in [-0.3, -0.25) is 0 Å². The van der Waals surface area contributed by atoms with Gasteiger partial charge in [-0.25, -0.2) is 4.39 Å². The minimum atomic E-state index is -0.836. The topological polar surface area (TPSA) is 46.0 Å². The quantitative estimate of drug-likeness (QED) is 0.917. The summed E-state index contributed by atoms with van der Waals surface area (Å²) in [7, 11) is 0. The van der Waals surface area contributed by atoms with E-state index in [1.807, 2.05) is 0 Å². The zero-order valence-corrected chi connectivity index (χ0v) is 10.1. The molecule has 0 saturated heterocycles. The molecule has 6 heteroatoms. The van der Waals surface area contributed by atoms with Crippen molar-refractivity contribution >= 4 is 23.1 Å². The second-order valence-electron chi connectivity index (χ2n) is 3.13. The van der Waals surface area contributed by atoms with E-state index in [0.717, 1.165) is 4.34 Å². The van der Waals surface area contributed by atoms with Crippen LogP contribution in [0.1, 0.15) is 18.6 Å². The van der Waals surface area contributed by atoms with Gasteiger partial charge in [0.05, 0.1) is 6.10 Å². The second kappa shape index (κ2) is 4.90. The summed E-state index contributed by atoms with van der Waals surface area (Å²) < 4.78 is 14.3. The van der Waals surface area contributed by atoms with E-state index >= 15 is 0 Å². The molecular formula is C10H9FN2OS2. The van der Waals surface area contributed by atoms with E-state index in [2.05, 4.69) is 10.2 Å². The first kappa shape index (κ1) is 11.5. The zero-order valence-electron chi connectivity index (χ0n) is 8.42. The Labute approximate surface area is 100 Å². The highest BCUT2D eigenvalue weighted by Crippen LogP contribution is 2.35. The van der Waals surface area contributed by atoms with E-state index in [1.165, 1.54) is 29.2 Å². The summed E-state index contributed by atoms with van der Waals surface area (Å²) in [6.07, 6.45) is -0.836. The molecule has 1 atom stereocenters. The van der Waals surface area contributed by atoms with E-state index < -0.39 is 11.9 Å². The minimum absolute atomic E-state index is 0.308. The molecular weight excluding hydrogens is 247 g/mol. The Bertz CT molecular complexity index is 474. The monoisotopic (exact) mass is 256 g/mol. The van der Waals surface area contributed by atoms with Crippen LogP contribution in [0.2, 0.25) is 0 Å². The molecule has 3 nitrogen and oxygen atoms in total. The number of aliphatic hydroxyl groups excluding tert-OH is 1. The Morgan fingerprint density at radius 1 is 1.50 bits per heavy atom. The van der Waals surface area contributed by atoms with Gasteiger partial charge in [0.15, 0.2) is 4.34 Å². The van der Waals surface area contributed by atoms with Gasteiger partial charge in [-0.2, -0.15) is 0 Å². The number of halogens is 1. The first-order valence-corrected chi connectivity index (χ1v) is 6.28. The zero-order chi connectivity index (χ0) is 11.5. The molecule has 0 unspecified atom stereocenters. The normalized spacial score (nSPS) is 12.7. The van der Waals surface area contributed by atoms with Crippen LogP contribution in [0.3, 0.4) is 0 Å². The molecule has 1 N–H and O–H groups in total. The molecule has 16 heavy (non-hydrogen) atoms. The van der Waals surface area contributed by atoms with Gasteiger partial charge in [-0.1, -0.05) is 29.2 Å². The van der Waals surface area contributed by atoms with Crippen molar-refractivity contribution in [1.82, 2.24) is 10.2 Å². The van der Waals surface area contributed by atoms with Gasteiger partial charge >= 0.3 is 0 Å². The first-order valence-electron chi connectivity index (χ1n) is 4.59. The van der Waals surface area contributed by atoms with Crippen LogP contribution in [0.15, 0.2) is 32.9 Å². The van der Waals surface area contributed by atoms with Crippen molar-refractivity contribution in [2.45, 2.75) is 22.3 Å². The van der Waals surface area contributed by atoms with Crippen molar-refractivity contribution in [3.63, 3.8) is 0 Å². The molecule has 2 aromatic rings. The molecule has 0 aliphatic carbocycles. The van der Waals surface area contributed by atoms with E-state index in [9.17, 15) is 9.50 Å². The average Bonchev–Trinajstić information content (AvgIpc) is 2.70. The van der Waals surface area contributed by atoms with Crippen LogP contribution in [-0.2, 0) is 0 Å². The number of aliphatic hydroxyl groups is 1. The molecule has 0 bridgehead atoms. The standard InChI is InChI=1S/C10H9FN2OS2/c1-6(14)9-7(11)3-2-4-8(9)16-10-13-12-5-15-10/h2-6,14H,1H3/t6-/m0/s1. The van der Waals surface area contributed by atoms with Crippen LogP contribution in [0.25, 0.3) is 0 Å². The van der Waals surface area contributed by atoms with Crippen LogP contribution in [0.5, 0.6) is 0 Å². The largest absolute Gasteiger partial charge is 0.389 e. The SMILES string of the molecule is C[C@H](O)c1c(F)cccc1Sc1nncs1. The molecule has 0 radical (unpaired) electrons. The maximum Gasteiger partial charge on any atom is 0.178 e. The highest BCUT2D eigenvalue weighted by Gasteiger charge is 2.15. The summed E-state index contributed by atoms with van der Waals surface area (Å²) in [4.78, 5) is 0.673. The predicted octanol–water partition coefficient (Wildman–Crippen LogP) is 2.88. The van der Waals surface area contributed by atoms with E-state index in [-0.39, 0.29) is 0 Å². The van der Waals surface area contributed by atoms with Crippen LogP contribution in [-0.4, -0.2) is 15.3 Å². The lowest BCUT2D eigenvalue weighted by Gasteiger charge is -2.10. The lowest BCUT2D eigenvalue weighted by Crippen LogP contribution is -1.98. The molecule has 0 saturated carbocycles. The summed E-state index contributed by atoms with van der Waals surface area (Å²) in [5.74, 6) is -0.399. The molecule has 1 aromatic heterocycles. The van der Waals surface area contributed by atoms with Gasteiger partial charge in [0.25, 0.3) is 0 Å². The summed E-state index contributed by atoms with van der Waals surface area (Å²) in [6, 6.07) is 4.72. The molecule has 0 fully saturated rings. The fourth-order valence-corrected chi connectivity index (χ4v) is 2.98. The lowest BCUT2D eigenvalue weighted by atomic mass is 10.1. The number of rotatable bonds is 3. The molecule has 1 heterocycles. The van der Waals surface area contributed by atoms with Crippen LogP contribution >= 0.6 is 23.1 Å². The van der Waals surface area contributed by atoms with Crippen LogP contribution in [0.4, 0.5) is 4.39 Å². The third-order valence-electron chi connectivity index (χ3n) is 1.97. The highest BCUT2D eigenvalue weighted by molar-refractivity contribution is 8.01. The van der Waals surface area contributed by atoms with Gasteiger partial charge in [0.1, 0.15) is 11.3 Å². The average molecular weight is 256 g/mol. The van der Waals surface area contributed by atoms with Gasteiger partial charge in [-0.05, 0) is 19.1 Å². The van der Waals surface area contributed by atoms with Crippen molar-refractivity contribution in [1.29, 1.82) is 0 Å². The van der Waals surface area contributed by atoms with Crippen molar-refractivity contribution in [2.24, 2.45) is 0 Å². The van der Waals surface area contributed by atoms with E-state index in [0.29, 0.717) is 10.5 Å². The minimum Gasteiger partial charge on any atom is -0.389 e. The van der Waals surface area contributed by atoms with Gasteiger partial charge in [-0.15, -0.1) is 10.2 Å². The first-order chi connectivity index (χ1) is 7.68. The molecule has 2 rings (SSSR count). The number of nitrogens with zero attached hydrogens (tertiary/aromatic N) is 2. The van der Waals surface area contributed by atoms with Crippen molar-refractivity contribution in [3.8, 4) is 0 Å². The molecule has 0 amide bonds. The number of benzene rings is 1. The fraction of sp³-hybridized carbons (Fsp3) is 0.200. The maximum atomic E-state index is 13.5. The Balaban J connectivity index is 2.37. The van der Waals surface area contributed by atoms with Gasteiger partial charge < -0.3 is 5.11 Å². The Morgan fingerprint density at radius 3 is 2.94 bits per heavy atom. The number of hydrogen-bond donors (Lipinski definition) is 1. The predicted molar refractivity (Wildman–Crippen MR) is 61.1 cm³/mol. The maximum absolute atomic E-state index is 13.5. The smallest absolute Gasteiger partial charge is 0.178 e. The summed E-state index contributed by atoms with van der Waals surface area (Å²) in [6.45, 7) is 1.54. The molecule has 0 aliphatic rings. The Kier molecular flexibility index (Phi) is 3.52. The number of hydrogen-bond acceptors (Lipinski definition) is 5. The molecule has 0 spiro atoms. The van der Waals surface area contributed by atoms with Crippen molar-refractivity contribution in [3.05, 3.63) is 35.1 Å². The fourth-order valence-electron chi connectivity index (χ4n) is 1.31. The second-order valence-corrected chi connectivity index (χ2v) is 5.26. The van der Waals surface area contributed by atoms with Crippen molar-refractivity contribution in [2.75, 3.05) is 0 Å². The van der Waals surface area contributed by atoms with E-state index in [1.54, 1.807) is 24.6 Å². The molecule has 84 valence electrons. The van der Waals surface area contributed by atoms with E-state index in [4.69, 9.17) is 0 Å². The number of aromatic nitrogens is 2. The highest BCUT2D eigenvalue weighted by atomic mass is 32.2. The Morgan fingerprint density at radius 2 is 2.31 bits per heavy atom. The van der Waals surface area contributed by atoms with Crippen LogP contribution < -0.4 is 0 Å². The molecule has 1 aromatic carbocycles. The van der Waals surface area contributed by atoms with Gasteiger partial charge in [0, 0.05) is 10.5 Å². The van der Waals surface area contributed by atoms with Crippen LogP contribution in [0, 0.1) is 5.82 Å². The Hall–Kier alpha value is -0.980. The molecule has 0 aliphatic heterocycles. The van der Waals surface area contributed by atoms with Gasteiger partial charge in [0.2, 0.25) is 0 Å². The third kappa shape index (κ3) is 2.40. The van der Waals surface area contributed by atoms with Crippen molar-refractivity contribution < 1.29 is 9.50 Å². The lowest BCUT2D eigenvalue weighted by molar-refractivity contribution is 0.191. The summed E-state index contributed by atoms with van der Waals surface area (Å²) in [5, 5.41) is 17.1. The summed E-state index contributed by atoms with van der Waals surface area (Å²) in [5.41, 5.74) is 1.92. The summed E-state index contributed by atoms with van der Waals surface area (Å²) >= 11 is 2.69. The third-order valence-corrected chi connectivity index (χ3v) is 3.82.